The second-order valence-corrected chi connectivity index (χ2v) is 9.99. The Labute approximate surface area is 172 Å². The summed E-state index contributed by atoms with van der Waals surface area (Å²) in [5.41, 5.74) is 3.64. The number of hydrogen-bond acceptors (Lipinski definition) is 6. The molecule has 0 aliphatic carbocycles. The number of H-pyrrole nitrogens is 1. The molecule has 30 heavy (non-hydrogen) atoms. The largest absolute Gasteiger partial charge is 0.358 e. The molecule has 1 saturated heterocycles. The van der Waals surface area contributed by atoms with E-state index in [1.54, 1.807) is 31.2 Å². The summed E-state index contributed by atoms with van der Waals surface area (Å²) in [6, 6.07) is 7.04. The van der Waals surface area contributed by atoms with E-state index >= 15 is 0 Å². The summed E-state index contributed by atoms with van der Waals surface area (Å²) in [6.07, 6.45) is 0.517. The number of rotatable bonds is 4. The first-order valence-electron chi connectivity index (χ1n) is 9.70. The van der Waals surface area contributed by atoms with Gasteiger partial charge in [-0.25, -0.2) is 18.4 Å². The van der Waals surface area contributed by atoms with Gasteiger partial charge in [0.1, 0.15) is 11.4 Å². The summed E-state index contributed by atoms with van der Waals surface area (Å²) in [6.45, 7) is 2.75. The van der Waals surface area contributed by atoms with Gasteiger partial charge >= 0.3 is 0 Å². The van der Waals surface area contributed by atoms with Gasteiger partial charge in [-0.2, -0.15) is 4.39 Å². The number of halogens is 1. The van der Waals surface area contributed by atoms with Crippen molar-refractivity contribution in [1.82, 2.24) is 25.2 Å². The van der Waals surface area contributed by atoms with Crippen LogP contribution in [0.15, 0.2) is 24.3 Å². The molecule has 2 aliphatic heterocycles. The number of nitrogens with zero attached hydrogens (tertiary/aromatic N) is 3. The Hall–Kier alpha value is -2.85. The SMILES string of the molecule is Cc1nc2cccc(-c3cc4c([nH]3)CCN(CS(=O)(=O)C3CNC3)C4=O)c2nc1F. The van der Waals surface area contributed by atoms with E-state index in [2.05, 4.69) is 20.3 Å². The smallest absolute Gasteiger partial charge is 0.256 e. The summed E-state index contributed by atoms with van der Waals surface area (Å²) in [7, 11) is -3.37. The third-order valence-corrected chi connectivity index (χ3v) is 7.76. The van der Waals surface area contributed by atoms with Gasteiger partial charge in [-0.15, -0.1) is 0 Å². The van der Waals surface area contributed by atoms with Crippen molar-refractivity contribution in [3.8, 4) is 11.3 Å². The van der Waals surface area contributed by atoms with E-state index in [4.69, 9.17) is 0 Å². The quantitative estimate of drug-likeness (QED) is 0.649. The molecule has 1 amide bonds. The number of fused-ring (bicyclic) bond motifs is 2. The molecule has 10 heteroatoms. The van der Waals surface area contributed by atoms with Crippen LogP contribution >= 0.6 is 0 Å². The normalized spacial score (nSPS) is 17.3. The summed E-state index contributed by atoms with van der Waals surface area (Å²) in [5.74, 6) is -1.23. The fourth-order valence-electron chi connectivity index (χ4n) is 3.87. The molecule has 5 rings (SSSR count). The lowest BCUT2D eigenvalue weighted by Gasteiger charge is -2.31. The van der Waals surface area contributed by atoms with Crippen molar-refractivity contribution in [1.29, 1.82) is 0 Å². The number of aromatic nitrogens is 3. The van der Waals surface area contributed by atoms with Crippen LogP contribution in [-0.4, -0.2) is 64.9 Å². The first kappa shape index (κ1) is 19.1. The highest BCUT2D eigenvalue weighted by Crippen LogP contribution is 2.30. The van der Waals surface area contributed by atoms with E-state index in [1.807, 2.05) is 0 Å². The number of nitrogens with one attached hydrogen (secondary N) is 2. The van der Waals surface area contributed by atoms with Gasteiger partial charge in [0.25, 0.3) is 5.91 Å². The van der Waals surface area contributed by atoms with Crippen LogP contribution in [0.2, 0.25) is 0 Å². The summed E-state index contributed by atoms with van der Waals surface area (Å²) in [4.78, 5) is 25.9. The summed E-state index contributed by atoms with van der Waals surface area (Å²) < 4.78 is 39.0. The maximum atomic E-state index is 14.0. The molecule has 2 aliphatic rings. The number of benzene rings is 1. The van der Waals surface area contributed by atoms with Crippen molar-refractivity contribution >= 4 is 26.8 Å². The Morgan fingerprint density at radius 1 is 1.23 bits per heavy atom. The Kier molecular flexibility index (Phi) is 4.37. The Bertz CT molecular complexity index is 1280. The van der Waals surface area contributed by atoms with Gasteiger partial charge < -0.3 is 15.2 Å². The Balaban J connectivity index is 1.49. The molecule has 2 N–H and O–H groups in total. The third-order valence-electron chi connectivity index (χ3n) is 5.74. The van der Waals surface area contributed by atoms with Crippen molar-refractivity contribution in [3.63, 3.8) is 0 Å². The average Bonchev–Trinajstić information content (AvgIpc) is 3.07. The van der Waals surface area contributed by atoms with Crippen molar-refractivity contribution in [2.24, 2.45) is 0 Å². The number of amides is 1. The van der Waals surface area contributed by atoms with Gasteiger partial charge in [0.15, 0.2) is 9.84 Å². The van der Waals surface area contributed by atoms with E-state index in [9.17, 15) is 17.6 Å². The zero-order valence-corrected chi connectivity index (χ0v) is 17.1. The minimum absolute atomic E-state index is 0.221. The van der Waals surface area contributed by atoms with E-state index in [0.717, 1.165) is 5.69 Å². The molecule has 0 unspecified atom stereocenters. The van der Waals surface area contributed by atoms with Gasteiger partial charge in [-0.3, -0.25) is 4.79 Å². The van der Waals surface area contributed by atoms with Gasteiger partial charge in [0.2, 0.25) is 5.95 Å². The zero-order valence-electron chi connectivity index (χ0n) is 16.3. The van der Waals surface area contributed by atoms with E-state index < -0.39 is 21.0 Å². The van der Waals surface area contributed by atoms with Gasteiger partial charge in [0.05, 0.1) is 22.0 Å². The monoisotopic (exact) mass is 429 g/mol. The molecule has 0 saturated carbocycles. The minimum atomic E-state index is -3.37. The topological polar surface area (TPSA) is 108 Å². The number of carbonyl (C=O) groups is 1. The van der Waals surface area contributed by atoms with Crippen LogP contribution in [0, 0.1) is 12.9 Å². The molecule has 4 heterocycles. The highest BCUT2D eigenvalue weighted by Gasteiger charge is 2.36. The third kappa shape index (κ3) is 3.07. The number of sulfone groups is 1. The second kappa shape index (κ2) is 6.85. The second-order valence-electron chi connectivity index (χ2n) is 7.74. The van der Waals surface area contributed by atoms with Crippen LogP contribution in [0.25, 0.3) is 22.3 Å². The van der Waals surface area contributed by atoms with Crippen LogP contribution in [0.5, 0.6) is 0 Å². The number of carbonyl (C=O) groups excluding carboxylic acids is 1. The Morgan fingerprint density at radius 3 is 2.77 bits per heavy atom. The minimum Gasteiger partial charge on any atom is -0.358 e. The number of hydrogen-bond donors (Lipinski definition) is 2. The van der Waals surface area contributed by atoms with Crippen LogP contribution in [0.3, 0.4) is 0 Å². The molecular weight excluding hydrogens is 409 g/mol. The first-order valence-corrected chi connectivity index (χ1v) is 11.4. The van der Waals surface area contributed by atoms with Crippen LogP contribution in [0.4, 0.5) is 4.39 Å². The van der Waals surface area contributed by atoms with Gasteiger partial charge in [-0.1, -0.05) is 12.1 Å². The predicted molar refractivity (Wildman–Crippen MR) is 109 cm³/mol. The Morgan fingerprint density at radius 2 is 2.03 bits per heavy atom. The molecule has 156 valence electrons. The number of para-hydroxylation sites is 1. The lowest BCUT2D eigenvalue weighted by atomic mass is 10.1. The highest BCUT2D eigenvalue weighted by atomic mass is 32.2. The van der Waals surface area contributed by atoms with E-state index in [1.165, 1.54) is 4.90 Å². The van der Waals surface area contributed by atoms with Crippen LogP contribution in [-0.2, 0) is 16.3 Å². The average molecular weight is 429 g/mol. The van der Waals surface area contributed by atoms with Crippen molar-refractivity contribution in [3.05, 3.63) is 47.2 Å². The van der Waals surface area contributed by atoms with Gasteiger partial charge in [0, 0.05) is 43.0 Å². The lowest BCUT2D eigenvalue weighted by Crippen LogP contribution is -2.54. The number of aromatic amines is 1. The standard InChI is InChI=1S/C20H20FN5O3S/c1-11-19(21)25-18-13(3-2-4-16(18)23-11)17-7-14-15(24-17)5-6-26(20(14)27)10-30(28,29)12-8-22-9-12/h2-4,7,12,22,24H,5-6,8-10H2,1H3. The predicted octanol–water partition coefficient (Wildman–Crippen LogP) is 1.41. The fraction of sp³-hybridized carbons (Fsp3) is 0.350. The molecular formula is C20H20FN5O3S. The molecule has 1 fully saturated rings. The highest BCUT2D eigenvalue weighted by molar-refractivity contribution is 7.92. The molecule has 8 nitrogen and oxygen atoms in total. The van der Waals surface area contributed by atoms with Crippen LogP contribution < -0.4 is 5.32 Å². The summed E-state index contributed by atoms with van der Waals surface area (Å²) >= 11 is 0. The number of aryl methyl sites for hydroxylation is 1. The maximum Gasteiger partial charge on any atom is 0.256 e. The molecule has 2 aromatic heterocycles. The maximum absolute atomic E-state index is 14.0. The van der Waals surface area contributed by atoms with Crippen molar-refractivity contribution < 1.29 is 17.6 Å². The van der Waals surface area contributed by atoms with Gasteiger partial charge in [-0.05, 0) is 19.1 Å². The zero-order chi connectivity index (χ0) is 21.0. The van der Waals surface area contributed by atoms with E-state index in [-0.39, 0.29) is 17.5 Å². The molecule has 1 aromatic carbocycles. The van der Waals surface area contributed by atoms with Crippen LogP contribution in [0.1, 0.15) is 21.7 Å². The first-order chi connectivity index (χ1) is 14.3. The van der Waals surface area contributed by atoms with E-state index in [0.29, 0.717) is 53.9 Å². The van der Waals surface area contributed by atoms with Crippen molar-refractivity contribution in [2.45, 2.75) is 18.6 Å². The lowest BCUT2D eigenvalue weighted by molar-refractivity contribution is 0.0767. The molecule has 0 atom stereocenters. The fourth-order valence-corrected chi connectivity index (χ4v) is 5.51. The van der Waals surface area contributed by atoms with Crippen molar-refractivity contribution in [2.75, 3.05) is 25.5 Å². The molecule has 0 spiro atoms. The summed E-state index contributed by atoms with van der Waals surface area (Å²) in [5, 5.41) is 2.52. The molecule has 0 radical (unpaired) electrons. The molecule has 3 aromatic rings. The molecule has 0 bridgehead atoms.